The SMILES string of the molecule is O.O=C(O)CCC(=O)OCC1OC(CO)(OC2OC(CO)C(O)C(O)C2O)C(O)C1O.[Zn]. The largest absolute Gasteiger partial charge is 0.481 e. The smallest absolute Gasteiger partial charge is 0.306 e. The summed E-state index contributed by atoms with van der Waals surface area (Å²) in [5.74, 6) is -4.49. The van der Waals surface area contributed by atoms with Gasteiger partial charge in [0, 0.05) is 19.5 Å². The number of aliphatic hydroxyl groups excluding tert-OH is 7. The number of carbonyl (C=O) groups excluding carboxylic acids is 1. The molecule has 10 N–H and O–H groups in total. The molecule has 0 saturated carbocycles. The Morgan fingerprint density at radius 1 is 0.906 bits per heavy atom. The Kier molecular flexibility index (Phi) is 12.8. The summed E-state index contributed by atoms with van der Waals surface area (Å²) in [6.45, 7) is -2.43. The second kappa shape index (κ2) is 13.1. The van der Waals surface area contributed by atoms with Gasteiger partial charge in [-0.1, -0.05) is 0 Å². The van der Waals surface area contributed by atoms with Crippen molar-refractivity contribution in [2.24, 2.45) is 0 Å². The van der Waals surface area contributed by atoms with Crippen LogP contribution in [0.25, 0.3) is 0 Å². The molecule has 16 heteroatoms. The van der Waals surface area contributed by atoms with Gasteiger partial charge in [0.1, 0.15) is 55.9 Å². The Labute approximate surface area is 194 Å². The Hall–Kier alpha value is -0.877. The van der Waals surface area contributed by atoms with Crippen LogP contribution in [0.3, 0.4) is 0 Å². The van der Waals surface area contributed by atoms with Crippen molar-refractivity contribution in [2.45, 2.75) is 67.6 Å². The van der Waals surface area contributed by atoms with E-state index in [0.29, 0.717) is 0 Å². The monoisotopic (exact) mass is 524 g/mol. The zero-order valence-corrected chi connectivity index (χ0v) is 19.9. The Bertz CT molecular complexity index is 606. The van der Waals surface area contributed by atoms with Gasteiger partial charge in [-0.15, -0.1) is 0 Å². The Balaban J connectivity index is 0.00000480. The van der Waals surface area contributed by atoms with E-state index in [1.54, 1.807) is 0 Å². The minimum Gasteiger partial charge on any atom is -0.481 e. The molecule has 15 nitrogen and oxygen atoms in total. The number of carbonyl (C=O) groups is 2. The summed E-state index contributed by atoms with van der Waals surface area (Å²) in [6.07, 6.45) is -14.4. The molecule has 184 valence electrons. The molecule has 2 rings (SSSR count). The number of ether oxygens (including phenoxy) is 4. The summed E-state index contributed by atoms with van der Waals surface area (Å²) in [5, 5.41) is 77.6. The van der Waals surface area contributed by atoms with Crippen LogP contribution in [0.1, 0.15) is 12.8 Å². The normalized spacial score (nSPS) is 39.0. The number of carboxylic acids is 1. The molecule has 2 saturated heterocycles. The first-order chi connectivity index (χ1) is 14.1. The summed E-state index contributed by atoms with van der Waals surface area (Å²) in [5.41, 5.74) is 0. The predicted octanol–water partition coefficient (Wildman–Crippen LogP) is -5.81. The first-order valence-electron chi connectivity index (χ1n) is 9.06. The van der Waals surface area contributed by atoms with Crippen LogP contribution >= 0.6 is 0 Å². The van der Waals surface area contributed by atoms with E-state index in [9.17, 15) is 45.3 Å². The second-order valence-corrected chi connectivity index (χ2v) is 6.95. The molecule has 32 heavy (non-hydrogen) atoms. The van der Waals surface area contributed by atoms with E-state index in [2.05, 4.69) is 0 Å². The summed E-state index contributed by atoms with van der Waals surface area (Å²) in [7, 11) is 0. The molecule has 2 fully saturated rings. The number of hydrogen-bond acceptors (Lipinski definition) is 13. The molecule has 2 heterocycles. The van der Waals surface area contributed by atoms with Gasteiger partial charge in [0.25, 0.3) is 0 Å². The van der Waals surface area contributed by atoms with Gasteiger partial charge in [-0.05, 0) is 0 Å². The van der Waals surface area contributed by atoms with Crippen LogP contribution < -0.4 is 0 Å². The number of hydrogen-bond donors (Lipinski definition) is 8. The third-order valence-electron chi connectivity index (χ3n) is 4.84. The van der Waals surface area contributed by atoms with Crippen molar-refractivity contribution in [3.63, 3.8) is 0 Å². The average molecular weight is 526 g/mol. The van der Waals surface area contributed by atoms with Crippen molar-refractivity contribution in [3.8, 4) is 0 Å². The minimum absolute atomic E-state index is 0. The molecule has 0 aromatic carbocycles. The zero-order chi connectivity index (χ0) is 22.6. The van der Waals surface area contributed by atoms with E-state index >= 15 is 0 Å². The summed E-state index contributed by atoms with van der Waals surface area (Å²) in [6, 6.07) is 0. The maximum Gasteiger partial charge on any atom is 0.306 e. The minimum atomic E-state index is -2.37. The van der Waals surface area contributed by atoms with Crippen molar-refractivity contribution >= 4 is 11.9 Å². The first kappa shape index (κ1) is 31.1. The van der Waals surface area contributed by atoms with E-state index in [1.807, 2.05) is 0 Å². The van der Waals surface area contributed by atoms with Crippen LogP contribution in [-0.2, 0) is 48.0 Å². The molecule has 0 radical (unpaired) electrons. The van der Waals surface area contributed by atoms with Crippen LogP contribution in [0.2, 0.25) is 0 Å². The summed E-state index contributed by atoms with van der Waals surface area (Å²) >= 11 is 0. The molecular formula is C16H28O15Zn. The van der Waals surface area contributed by atoms with Gasteiger partial charge in [0.05, 0.1) is 19.4 Å². The predicted molar refractivity (Wildman–Crippen MR) is 93.0 cm³/mol. The van der Waals surface area contributed by atoms with Crippen LogP contribution in [0.4, 0.5) is 0 Å². The van der Waals surface area contributed by atoms with Crippen LogP contribution in [0, 0.1) is 0 Å². The zero-order valence-electron chi connectivity index (χ0n) is 16.9. The molecule has 0 amide bonds. The van der Waals surface area contributed by atoms with Gasteiger partial charge in [-0.2, -0.15) is 0 Å². The fourth-order valence-corrected chi connectivity index (χ4v) is 3.07. The van der Waals surface area contributed by atoms with Crippen molar-refractivity contribution in [1.29, 1.82) is 0 Å². The van der Waals surface area contributed by atoms with Gasteiger partial charge in [-0.3, -0.25) is 9.59 Å². The fourth-order valence-electron chi connectivity index (χ4n) is 3.07. The third kappa shape index (κ3) is 6.82. The van der Waals surface area contributed by atoms with Crippen molar-refractivity contribution in [3.05, 3.63) is 0 Å². The summed E-state index contributed by atoms with van der Waals surface area (Å²) in [4.78, 5) is 22.0. The van der Waals surface area contributed by atoms with Gasteiger partial charge < -0.3 is 65.3 Å². The molecule has 2 aliphatic rings. The molecule has 0 bridgehead atoms. The molecule has 9 atom stereocenters. The second-order valence-electron chi connectivity index (χ2n) is 6.95. The molecule has 0 spiro atoms. The quantitative estimate of drug-likeness (QED) is 0.103. The molecule has 0 aliphatic carbocycles. The van der Waals surface area contributed by atoms with E-state index in [-0.39, 0.29) is 25.0 Å². The van der Waals surface area contributed by atoms with Gasteiger partial charge in [0.15, 0.2) is 6.29 Å². The van der Waals surface area contributed by atoms with Crippen molar-refractivity contribution in [1.82, 2.24) is 0 Å². The maximum atomic E-state index is 11.5. The van der Waals surface area contributed by atoms with Crippen LogP contribution in [0.15, 0.2) is 0 Å². The van der Waals surface area contributed by atoms with E-state index in [4.69, 9.17) is 24.1 Å². The van der Waals surface area contributed by atoms with Crippen LogP contribution in [-0.4, -0.2) is 133 Å². The number of aliphatic hydroxyl groups is 7. The number of aliphatic carboxylic acids is 1. The van der Waals surface area contributed by atoms with E-state index in [0.717, 1.165) is 0 Å². The third-order valence-corrected chi connectivity index (χ3v) is 4.84. The molecule has 2 aliphatic heterocycles. The molecular weight excluding hydrogens is 498 g/mol. The molecule has 0 aromatic heterocycles. The van der Waals surface area contributed by atoms with Gasteiger partial charge in [-0.25, -0.2) is 0 Å². The number of esters is 1. The summed E-state index contributed by atoms with van der Waals surface area (Å²) < 4.78 is 20.5. The van der Waals surface area contributed by atoms with E-state index in [1.165, 1.54) is 0 Å². The first-order valence-corrected chi connectivity index (χ1v) is 9.06. The molecule has 0 aromatic rings. The van der Waals surface area contributed by atoms with Gasteiger partial charge >= 0.3 is 11.9 Å². The standard InChI is InChI=1S/C16H26O14.H2O.Zn/c17-3-6-10(22)12(24)13(25)15(28-6)30-16(5-18)14(26)11(23)7(29-16)4-27-9(21)2-1-8(19)20;;/h6-7,10-15,17-18,22-26H,1-5H2,(H,19,20);1H2;. The number of rotatable bonds is 9. The fraction of sp³-hybridized carbons (Fsp3) is 0.875. The number of carboxylic acid groups (broad SMARTS) is 1. The Morgan fingerprint density at radius 3 is 2.06 bits per heavy atom. The average Bonchev–Trinajstić information content (AvgIpc) is 2.96. The molecule has 9 unspecified atom stereocenters. The van der Waals surface area contributed by atoms with Crippen molar-refractivity contribution in [2.75, 3.05) is 19.8 Å². The van der Waals surface area contributed by atoms with Crippen molar-refractivity contribution < 1.29 is 94.3 Å². The topological polar surface area (TPSA) is 264 Å². The maximum absolute atomic E-state index is 11.5. The van der Waals surface area contributed by atoms with Gasteiger partial charge in [0.2, 0.25) is 5.79 Å². The Morgan fingerprint density at radius 2 is 1.53 bits per heavy atom. The van der Waals surface area contributed by atoms with Crippen LogP contribution in [0.5, 0.6) is 0 Å². The van der Waals surface area contributed by atoms with E-state index < -0.39 is 99.4 Å².